The number of carbonyl (C=O) groups excluding carboxylic acids is 2. The van der Waals surface area contributed by atoms with Crippen LogP contribution in [0.1, 0.15) is 55.7 Å². The van der Waals surface area contributed by atoms with Gasteiger partial charge in [0.05, 0.1) is 22.2 Å². The maximum atomic E-state index is 14.2. The molecule has 0 aliphatic heterocycles. The summed E-state index contributed by atoms with van der Waals surface area (Å²) >= 11 is 3.38. The zero-order chi connectivity index (χ0) is 31.1. The highest BCUT2D eigenvalue weighted by Crippen LogP contribution is 2.31. The second-order valence-electron chi connectivity index (χ2n) is 11.2. The van der Waals surface area contributed by atoms with Crippen LogP contribution in [-0.4, -0.2) is 50.9 Å². The van der Waals surface area contributed by atoms with Crippen molar-refractivity contribution >= 4 is 43.5 Å². The summed E-state index contributed by atoms with van der Waals surface area (Å²) in [5, 5.41) is 3.13. The van der Waals surface area contributed by atoms with Gasteiger partial charge in [-0.25, -0.2) is 8.42 Å². The summed E-state index contributed by atoms with van der Waals surface area (Å²) in [5.41, 5.74) is 3.18. The van der Waals surface area contributed by atoms with E-state index in [0.717, 1.165) is 53.1 Å². The minimum atomic E-state index is -4.19. The van der Waals surface area contributed by atoms with Gasteiger partial charge in [-0.15, -0.1) is 0 Å². The highest BCUT2D eigenvalue weighted by Gasteiger charge is 2.33. The third kappa shape index (κ3) is 8.17. The Labute approximate surface area is 263 Å². The van der Waals surface area contributed by atoms with Crippen LogP contribution in [0.25, 0.3) is 0 Å². The molecule has 10 heteroatoms. The molecule has 1 unspecified atom stereocenters. The second-order valence-corrected chi connectivity index (χ2v) is 13.9. The molecular weight excluding hydrogens is 630 g/mol. The van der Waals surface area contributed by atoms with E-state index >= 15 is 0 Å². The van der Waals surface area contributed by atoms with Crippen LogP contribution in [0.4, 0.5) is 5.69 Å². The Morgan fingerprint density at radius 3 is 2.30 bits per heavy atom. The Morgan fingerprint density at radius 2 is 1.67 bits per heavy atom. The van der Waals surface area contributed by atoms with E-state index in [1.54, 1.807) is 37.3 Å². The largest absolute Gasteiger partial charge is 0.496 e. The standard InChI is InChI=1S/C33H40BrN3O5S/c1-23-13-15-28(16-14-23)37(43(40,41)29-17-18-31(42-4)30(34)20-29)22-32(38)36(21-26-10-8-9-24(2)19-26)25(3)33(39)35-27-11-6-5-7-12-27/h8-10,13-20,25,27H,5-7,11-12,21-22H2,1-4H3,(H,35,39). The van der Waals surface area contributed by atoms with E-state index in [0.29, 0.717) is 15.9 Å². The van der Waals surface area contributed by atoms with Crippen molar-refractivity contribution in [2.75, 3.05) is 18.0 Å². The van der Waals surface area contributed by atoms with E-state index in [-0.39, 0.29) is 23.4 Å². The fourth-order valence-corrected chi connectivity index (χ4v) is 7.47. The van der Waals surface area contributed by atoms with Crippen molar-refractivity contribution in [3.63, 3.8) is 0 Å². The van der Waals surface area contributed by atoms with Gasteiger partial charge in [0, 0.05) is 12.6 Å². The van der Waals surface area contributed by atoms with Gasteiger partial charge in [-0.05, 0) is 85.4 Å². The first kappa shape index (κ1) is 32.5. The summed E-state index contributed by atoms with van der Waals surface area (Å²) in [6.07, 6.45) is 5.13. The molecule has 0 radical (unpaired) electrons. The second kappa shape index (κ2) is 14.4. The minimum Gasteiger partial charge on any atom is -0.496 e. The Kier molecular flexibility index (Phi) is 10.9. The number of sulfonamides is 1. The molecule has 1 fully saturated rings. The number of nitrogens with one attached hydrogen (secondary N) is 1. The summed E-state index contributed by atoms with van der Waals surface area (Å²) in [7, 11) is -2.69. The van der Waals surface area contributed by atoms with Crippen LogP contribution >= 0.6 is 15.9 Å². The van der Waals surface area contributed by atoms with Crippen molar-refractivity contribution in [1.29, 1.82) is 0 Å². The molecule has 1 atom stereocenters. The van der Waals surface area contributed by atoms with E-state index < -0.39 is 28.5 Å². The van der Waals surface area contributed by atoms with E-state index in [1.807, 2.05) is 38.1 Å². The zero-order valence-corrected chi connectivity index (χ0v) is 27.6. The molecule has 43 heavy (non-hydrogen) atoms. The molecule has 2 amide bonds. The van der Waals surface area contributed by atoms with Crippen LogP contribution in [0.5, 0.6) is 5.75 Å². The van der Waals surface area contributed by atoms with Crippen LogP contribution in [0.3, 0.4) is 0 Å². The number of hydrogen-bond donors (Lipinski definition) is 1. The first-order valence-electron chi connectivity index (χ1n) is 14.6. The van der Waals surface area contributed by atoms with Gasteiger partial charge in [0.1, 0.15) is 18.3 Å². The quantitative estimate of drug-likeness (QED) is 0.265. The van der Waals surface area contributed by atoms with Crippen molar-refractivity contribution in [3.05, 3.63) is 87.9 Å². The summed E-state index contributed by atoms with van der Waals surface area (Å²) in [5.74, 6) is -0.236. The van der Waals surface area contributed by atoms with Crippen molar-refractivity contribution in [2.45, 2.75) is 76.4 Å². The van der Waals surface area contributed by atoms with Crippen LogP contribution in [0.2, 0.25) is 0 Å². The molecular formula is C33H40BrN3O5S. The lowest BCUT2D eigenvalue weighted by atomic mass is 9.95. The van der Waals surface area contributed by atoms with Crippen molar-refractivity contribution < 1.29 is 22.7 Å². The average Bonchev–Trinajstić information content (AvgIpc) is 2.99. The van der Waals surface area contributed by atoms with Crippen molar-refractivity contribution in [1.82, 2.24) is 10.2 Å². The van der Waals surface area contributed by atoms with E-state index in [9.17, 15) is 18.0 Å². The molecule has 8 nitrogen and oxygen atoms in total. The topological polar surface area (TPSA) is 96.0 Å². The van der Waals surface area contributed by atoms with Crippen molar-refractivity contribution in [2.24, 2.45) is 0 Å². The molecule has 1 aliphatic carbocycles. The van der Waals surface area contributed by atoms with Gasteiger partial charge in [-0.3, -0.25) is 13.9 Å². The number of methoxy groups -OCH3 is 1. The highest BCUT2D eigenvalue weighted by atomic mass is 79.9. The summed E-state index contributed by atoms with van der Waals surface area (Å²) in [6, 6.07) is 18.5. The van der Waals surface area contributed by atoms with Crippen LogP contribution < -0.4 is 14.4 Å². The summed E-state index contributed by atoms with van der Waals surface area (Å²) in [4.78, 5) is 29.1. The third-order valence-corrected chi connectivity index (χ3v) is 10.3. The fraction of sp³-hybridized carbons (Fsp3) is 0.394. The molecule has 1 N–H and O–H groups in total. The number of carbonyl (C=O) groups is 2. The number of benzene rings is 3. The first-order valence-corrected chi connectivity index (χ1v) is 16.8. The van der Waals surface area contributed by atoms with Crippen LogP contribution in [-0.2, 0) is 26.2 Å². The maximum absolute atomic E-state index is 14.2. The van der Waals surface area contributed by atoms with Gasteiger partial charge in [0.2, 0.25) is 11.8 Å². The molecule has 1 saturated carbocycles. The Hall–Kier alpha value is -3.37. The summed E-state index contributed by atoms with van der Waals surface area (Å²) in [6.45, 7) is 5.26. The number of halogens is 1. The molecule has 0 bridgehead atoms. The van der Waals surface area contributed by atoms with Crippen LogP contribution in [0.15, 0.2) is 76.1 Å². The molecule has 230 valence electrons. The molecule has 0 heterocycles. The predicted molar refractivity (Wildman–Crippen MR) is 173 cm³/mol. The predicted octanol–water partition coefficient (Wildman–Crippen LogP) is 6.14. The van der Waals surface area contributed by atoms with Gasteiger partial charge in [0.15, 0.2) is 0 Å². The molecule has 4 rings (SSSR count). The first-order chi connectivity index (χ1) is 20.5. The SMILES string of the molecule is COc1ccc(S(=O)(=O)N(CC(=O)N(Cc2cccc(C)c2)C(C)C(=O)NC2CCCCC2)c2ccc(C)cc2)cc1Br. The van der Waals surface area contributed by atoms with Gasteiger partial charge < -0.3 is 15.0 Å². The van der Waals surface area contributed by atoms with E-state index in [2.05, 4.69) is 21.2 Å². The number of nitrogens with zero attached hydrogens (tertiary/aromatic N) is 2. The monoisotopic (exact) mass is 669 g/mol. The van der Waals surface area contributed by atoms with Crippen molar-refractivity contribution in [3.8, 4) is 5.75 Å². The zero-order valence-electron chi connectivity index (χ0n) is 25.2. The van der Waals surface area contributed by atoms with Crippen LogP contribution in [0, 0.1) is 13.8 Å². The molecule has 1 aliphatic rings. The molecule has 3 aromatic rings. The average molecular weight is 671 g/mol. The lowest BCUT2D eigenvalue weighted by Gasteiger charge is -2.33. The minimum absolute atomic E-state index is 0.00174. The molecule has 0 saturated heterocycles. The number of anilines is 1. The lowest BCUT2D eigenvalue weighted by Crippen LogP contribution is -2.53. The number of ether oxygens (including phenoxy) is 1. The Bertz CT molecular complexity index is 1540. The van der Waals surface area contributed by atoms with Gasteiger partial charge in [0.25, 0.3) is 10.0 Å². The van der Waals surface area contributed by atoms with E-state index in [4.69, 9.17) is 4.74 Å². The highest BCUT2D eigenvalue weighted by molar-refractivity contribution is 9.10. The Balaban J connectivity index is 1.69. The molecule has 0 aromatic heterocycles. The number of amides is 2. The van der Waals surface area contributed by atoms with Gasteiger partial charge in [-0.2, -0.15) is 0 Å². The number of rotatable bonds is 11. The Morgan fingerprint density at radius 1 is 0.977 bits per heavy atom. The normalized spacial score (nSPS) is 14.5. The molecule has 3 aromatic carbocycles. The smallest absolute Gasteiger partial charge is 0.264 e. The maximum Gasteiger partial charge on any atom is 0.264 e. The third-order valence-electron chi connectivity index (χ3n) is 7.87. The number of hydrogen-bond acceptors (Lipinski definition) is 5. The van der Waals surface area contributed by atoms with Gasteiger partial charge in [-0.1, -0.05) is 66.8 Å². The summed E-state index contributed by atoms with van der Waals surface area (Å²) < 4.78 is 35.1. The molecule has 0 spiro atoms. The fourth-order valence-electron chi connectivity index (χ4n) is 5.33. The lowest BCUT2D eigenvalue weighted by molar-refractivity contribution is -0.139. The van der Waals surface area contributed by atoms with E-state index in [1.165, 1.54) is 24.1 Å². The number of aryl methyl sites for hydroxylation is 2. The van der Waals surface area contributed by atoms with Gasteiger partial charge >= 0.3 is 0 Å².